The van der Waals surface area contributed by atoms with Crippen LogP contribution in [0.4, 0.5) is 0 Å². The number of aromatic carboxylic acids is 1. The van der Waals surface area contributed by atoms with E-state index in [0.29, 0.717) is 13.1 Å². The quantitative estimate of drug-likeness (QED) is 0.817. The van der Waals surface area contributed by atoms with E-state index in [9.17, 15) is 9.59 Å². The van der Waals surface area contributed by atoms with Crippen molar-refractivity contribution in [3.05, 3.63) is 18.2 Å². The van der Waals surface area contributed by atoms with Crippen LogP contribution in [-0.4, -0.2) is 44.1 Å². The first-order chi connectivity index (χ1) is 8.66. The molecule has 1 unspecified atom stereocenters. The van der Waals surface area contributed by atoms with Crippen LogP contribution in [0.2, 0.25) is 0 Å². The van der Waals surface area contributed by atoms with Crippen LogP contribution in [-0.2, 0) is 11.3 Å². The summed E-state index contributed by atoms with van der Waals surface area (Å²) in [5.41, 5.74) is 0.0210. The fraction of sp³-hybridized carbons (Fsp3) is 0.545. The number of hydrogen-bond donors (Lipinski definition) is 2. The topological polar surface area (TPSA) is 84.2 Å². The Morgan fingerprint density at radius 2 is 2.44 bits per heavy atom. The maximum atomic E-state index is 11.7. The van der Waals surface area contributed by atoms with Gasteiger partial charge in [-0.25, -0.2) is 9.78 Å². The lowest BCUT2D eigenvalue weighted by molar-refractivity contribution is -0.120. The summed E-state index contributed by atoms with van der Waals surface area (Å²) in [6.45, 7) is 1.02. The molecule has 1 aliphatic heterocycles. The number of rotatable bonds is 5. The Labute approximate surface area is 109 Å². The van der Waals surface area contributed by atoms with Crippen LogP contribution >= 0.6 is 11.8 Å². The predicted molar refractivity (Wildman–Crippen MR) is 67.7 cm³/mol. The highest BCUT2D eigenvalue weighted by Gasteiger charge is 2.22. The molecule has 1 atom stereocenters. The van der Waals surface area contributed by atoms with Gasteiger partial charge in [0.05, 0.1) is 11.6 Å². The van der Waals surface area contributed by atoms with Gasteiger partial charge in [-0.1, -0.05) is 0 Å². The predicted octanol–water partition coefficient (Wildman–Crippen LogP) is 0.593. The number of carbonyl (C=O) groups is 2. The maximum absolute atomic E-state index is 11.7. The average molecular weight is 269 g/mol. The molecule has 2 heterocycles. The van der Waals surface area contributed by atoms with Crippen molar-refractivity contribution in [3.8, 4) is 0 Å². The molecule has 0 radical (unpaired) electrons. The molecule has 2 N–H and O–H groups in total. The fourth-order valence-corrected chi connectivity index (χ4v) is 2.99. The van der Waals surface area contributed by atoms with E-state index in [0.717, 1.165) is 18.6 Å². The lowest BCUT2D eigenvalue weighted by atomic mass is 10.2. The normalized spacial score (nSPS) is 18.8. The minimum absolute atomic E-state index is 0.0210. The van der Waals surface area contributed by atoms with Crippen LogP contribution in [0.1, 0.15) is 23.3 Å². The fourth-order valence-electron chi connectivity index (χ4n) is 1.80. The van der Waals surface area contributed by atoms with Gasteiger partial charge in [0.25, 0.3) is 0 Å². The van der Waals surface area contributed by atoms with Crippen LogP contribution in [0.5, 0.6) is 0 Å². The Bertz CT molecular complexity index is 440. The molecular weight excluding hydrogens is 254 g/mol. The zero-order chi connectivity index (χ0) is 13.0. The highest BCUT2D eigenvalue weighted by Crippen LogP contribution is 2.25. The largest absolute Gasteiger partial charge is 0.476 e. The molecule has 1 aromatic heterocycles. The zero-order valence-corrected chi connectivity index (χ0v) is 10.7. The molecular formula is C11H15N3O3S. The Morgan fingerprint density at radius 3 is 3.06 bits per heavy atom. The van der Waals surface area contributed by atoms with E-state index >= 15 is 0 Å². The molecule has 0 saturated carbocycles. The standard InChI is InChI=1S/C11H15N3O3S/c15-10(9-2-1-5-18-9)12-3-4-14-6-8(11(16)17)13-7-14/h6-7,9H,1-5H2,(H,12,15)(H,16,17). The highest BCUT2D eigenvalue weighted by molar-refractivity contribution is 8.00. The summed E-state index contributed by atoms with van der Waals surface area (Å²) < 4.78 is 1.66. The van der Waals surface area contributed by atoms with Crippen LogP contribution in [0.25, 0.3) is 0 Å². The number of hydrogen-bond acceptors (Lipinski definition) is 4. The van der Waals surface area contributed by atoms with Gasteiger partial charge in [-0.2, -0.15) is 0 Å². The molecule has 7 heteroatoms. The first-order valence-corrected chi connectivity index (χ1v) is 6.86. The van der Waals surface area contributed by atoms with Gasteiger partial charge in [0, 0.05) is 19.3 Å². The molecule has 18 heavy (non-hydrogen) atoms. The van der Waals surface area contributed by atoms with Crippen LogP contribution in [0.3, 0.4) is 0 Å². The molecule has 2 rings (SSSR count). The Kier molecular flexibility index (Phi) is 4.24. The molecule has 1 aliphatic rings. The molecule has 0 aromatic carbocycles. The van der Waals surface area contributed by atoms with Crippen molar-refractivity contribution < 1.29 is 14.7 Å². The molecule has 98 valence electrons. The van der Waals surface area contributed by atoms with Crippen LogP contribution < -0.4 is 5.32 Å². The van der Waals surface area contributed by atoms with E-state index in [-0.39, 0.29) is 16.9 Å². The van der Waals surface area contributed by atoms with Crippen LogP contribution in [0.15, 0.2) is 12.5 Å². The second-order valence-electron chi connectivity index (χ2n) is 4.09. The first kappa shape index (κ1) is 12.9. The molecule has 1 amide bonds. The lowest BCUT2D eigenvalue weighted by Crippen LogP contribution is -2.33. The van der Waals surface area contributed by atoms with E-state index in [1.54, 1.807) is 16.3 Å². The molecule has 1 saturated heterocycles. The first-order valence-electron chi connectivity index (χ1n) is 5.81. The van der Waals surface area contributed by atoms with Crippen molar-refractivity contribution in [2.45, 2.75) is 24.6 Å². The van der Waals surface area contributed by atoms with Crippen molar-refractivity contribution in [1.29, 1.82) is 0 Å². The van der Waals surface area contributed by atoms with Crippen molar-refractivity contribution in [2.24, 2.45) is 0 Å². The van der Waals surface area contributed by atoms with Crippen molar-refractivity contribution >= 4 is 23.6 Å². The Balaban J connectivity index is 1.74. The van der Waals surface area contributed by atoms with Gasteiger partial charge >= 0.3 is 5.97 Å². The number of imidazole rings is 1. The maximum Gasteiger partial charge on any atom is 0.356 e. The van der Waals surface area contributed by atoms with Crippen molar-refractivity contribution in [2.75, 3.05) is 12.3 Å². The van der Waals surface area contributed by atoms with Gasteiger partial charge in [-0.05, 0) is 18.6 Å². The highest BCUT2D eigenvalue weighted by atomic mass is 32.2. The summed E-state index contributed by atoms with van der Waals surface area (Å²) in [5, 5.41) is 11.6. The monoisotopic (exact) mass is 269 g/mol. The third-order valence-electron chi connectivity index (χ3n) is 2.74. The van der Waals surface area contributed by atoms with Gasteiger partial charge in [-0.15, -0.1) is 11.8 Å². The summed E-state index contributed by atoms with van der Waals surface area (Å²) in [6.07, 6.45) is 4.97. The van der Waals surface area contributed by atoms with E-state index < -0.39 is 5.97 Å². The molecule has 0 aliphatic carbocycles. The van der Waals surface area contributed by atoms with E-state index in [1.165, 1.54) is 12.5 Å². The summed E-state index contributed by atoms with van der Waals surface area (Å²) in [5.74, 6) is 0.0953. The number of amides is 1. The summed E-state index contributed by atoms with van der Waals surface area (Å²) in [6, 6.07) is 0. The molecule has 0 bridgehead atoms. The molecule has 1 fully saturated rings. The number of carbonyl (C=O) groups excluding carboxylic acids is 1. The second kappa shape index (κ2) is 5.90. The zero-order valence-electron chi connectivity index (χ0n) is 9.83. The summed E-state index contributed by atoms with van der Waals surface area (Å²) in [7, 11) is 0. The Morgan fingerprint density at radius 1 is 1.61 bits per heavy atom. The second-order valence-corrected chi connectivity index (χ2v) is 5.41. The summed E-state index contributed by atoms with van der Waals surface area (Å²) >= 11 is 1.70. The van der Waals surface area contributed by atoms with Gasteiger partial charge in [0.2, 0.25) is 5.91 Å². The SMILES string of the molecule is O=C(O)c1cn(CCNC(=O)C2CCCS2)cn1. The van der Waals surface area contributed by atoms with E-state index in [2.05, 4.69) is 10.3 Å². The van der Waals surface area contributed by atoms with Crippen molar-refractivity contribution in [1.82, 2.24) is 14.9 Å². The number of aromatic nitrogens is 2. The number of carboxylic acids is 1. The minimum atomic E-state index is -1.04. The lowest BCUT2D eigenvalue weighted by Gasteiger charge is -2.09. The summed E-state index contributed by atoms with van der Waals surface area (Å²) in [4.78, 5) is 26.1. The molecule has 0 spiro atoms. The number of thioether (sulfide) groups is 1. The molecule has 6 nitrogen and oxygen atoms in total. The van der Waals surface area contributed by atoms with E-state index in [4.69, 9.17) is 5.11 Å². The van der Waals surface area contributed by atoms with Gasteiger partial charge in [0.1, 0.15) is 0 Å². The molecule has 1 aromatic rings. The third-order valence-corrected chi connectivity index (χ3v) is 4.12. The van der Waals surface area contributed by atoms with Gasteiger partial charge < -0.3 is 15.0 Å². The van der Waals surface area contributed by atoms with Crippen LogP contribution in [0, 0.1) is 0 Å². The van der Waals surface area contributed by atoms with E-state index in [1.807, 2.05) is 0 Å². The average Bonchev–Trinajstić information content (AvgIpc) is 3.00. The Hall–Kier alpha value is -1.50. The smallest absolute Gasteiger partial charge is 0.356 e. The minimum Gasteiger partial charge on any atom is -0.476 e. The number of carboxylic acid groups (broad SMARTS) is 1. The number of nitrogens with one attached hydrogen (secondary N) is 1. The number of nitrogens with zero attached hydrogens (tertiary/aromatic N) is 2. The van der Waals surface area contributed by atoms with Gasteiger partial charge in [0.15, 0.2) is 5.69 Å². The van der Waals surface area contributed by atoms with Crippen molar-refractivity contribution in [3.63, 3.8) is 0 Å². The van der Waals surface area contributed by atoms with Gasteiger partial charge in [-0.3, -0.25) is 4.79 Å². The third kappa shape index (κ3) is 3.25.